The molecule has 1 atom stereocenters. The summed E-state index contributed by atoms with van der Waals surface area (Å²) < 4.78 is 37.1. The van der Waals surface area contributed by atoms with Gasteiger partial charge in [-0.2, -0.15) is 13.2 Å². The standard InChI is InChI=1S/C12H21F3N2O/c1-9(2)17(8-12(13,14)15)11(18)4-3-10-5-6-16-7-10/h9-10,16H,3-8H2,1-2H3. The quantitative estimate of drug-likeness (QED) is 0.827. The molecule has 1 saturated heterocycles. The van der Waals surface area contributed by atoms with Crippen molar-refractivity contribution >= 4 is 5.91 Å². The van der Waals surface area contributed by atoms with Crippen LogP contribution in [0.3, 0.4) is 0 Å². The smallest absolute Gasteiger partial charge is 0.331 e. The van der Waals surface area contributed by atoms with E-state index >= 15 is 0 Å². The van der Waals surface area contributed by atoms with E-state index in [-0.39, 0.29) is 6.42 Å². The molecule has 6 heteroatoms. The third-order valence-corrected chi connectivity index (χ3v) is 3.22. The maximum atomic E-state index is 12.4. The van der Waals surface area contributed by atoms with Gasteiger partial charge in [0.1, 0.15) is 6.54 Å². The highest BCUT2D eigenvalue weighted by molar-refractivity contribution is 5.76. The first-order valence-electron chi connectivity index (χ1n) is 6.36. The third kappa shape index (κ3) is 5.25. The fourth-order valence-corrected chi connectivity index (χ4v) is 2.18. The van der Waals surface area contributed by atoms with E-state index in [0.717, 1.165) is 24.4 Å². The molecule has 1 aliphatic heterocycles. The van der Waals surface area contributed by atoms with Crippen LogP contribution in [0, 0.1) is 5.92 Å². The van der Waals surface area contributed by atoms with Crippen LogP contribution in [0.1, 0.15) is 33.1 Å². The van der Waals surface area contributed by atoms with Gasteiger partial charge in [0.15, 0.2) is 0 Å². The number of halogens is 3. The summed E-state index contributed by atoms with van der Waals surface area (Å²) in [5, 5.41) is 3.18. The van der Waals surface area contributed by atoms with Gasteiger partial charge < -0.3 is 10.2 Å². The second-order valence-electron chi connectivity index (χ2n) is 5.13. The third-order valence-electron chi connectivity index (χ3n) is 3.22. The number of hydrogen-bond acceptors (Lipinski definition) is 2. The molecule has 0 spiro atoms. The summed E-state index contributed by atoms with van der Waals surface area (Å²) in [6.07, 6.45) is -2.43. The van der Waals surface area contributed by atoms with Crippen LogP contribution in [-0.4, -0.2) is 42.7 Å². The number of rotatable bonds is 5. The largest absolute Gasteiger partial charge is 0.406 e. The summed E-state index contributed by atoms with van der Waals surface area (Å²) in [6, 6.07) is -0.416. The van der Waals surface area contributed by atoms with Crippen LogP contribution in [0.25, 0.3) is 0 Å². The van der Waals surface area contributed by atoms with E-state index in [4.69, 9.17) is 0 Å². The predicted molar refractivity (Wildman–Crippen MR) is 63.1 cm³/mol. The average Bonchev–Trinajstić information content (AvgIpc) is 2.73. The van der Waals surface area contributed by atoms with Crippen LogP contribution in [-0.2, 0) is 4.79 Å². The molecule has 1 aliphatic rings. The van der Waals surface area contributed by atoms with Gasteiger partial charge in [-0.1, -0.05) is 0 Å². The zero-order valence-corrected chi connectivity index (χ0v) is 10.9. The topological polar surface area (TPSA) is 32.3 Å². The first-order chi connectivity index (χ1) is 8.29. The number of alkyl halides is 3. The van der Waals surface area contributed by atoms with Crippen molar-refractivity contribution < 1.29 is 18.0 Å². The average molecular weight is 266 g/mol. The van der Waals surface area contributed by atoms with E-state index in [1.54, 1.807) is 13.8 Å². The van der Waals surface area contributed by atoms with Crippen molar-refractivity contribution in [1.82, 2.24) is 10.2 Å². The Bertz CT molecular complexity index is 273. The molecule has 1 fully saturated rings. The summed E-state index contributed by atoms with van der Waals surface area (Å²) in [7, 11) is 0. The van der Waals surface area contributed by atoms with Crippen LogP contribution in [0.15, 0.2) is 0 Å². The Kier molecular flexibility index (Phi) is 5.44. The van der Waals surface area contributed by atoms with Gasteiger partial charge >= 0.3 is 6.18 Å². The van der Waals surface area contributed by atoms with E-state index in [9.17, 15) is 18.0 Å². The van der Waals surface area contributed by atoms with Crippen molar-refractivity contribution in [3.05, 3.63) is 0 Å². The minimum Gasteiger partial charge on any atom is -0.331 e. The molecule has 1 rings (SSSR count). The van der Waals surface area contributed by atoms with Gasteiger partial charge in [-0.25, -0.2) is 0 Å². The first kappa shape index (κ1) is 15.3. The number of carbonyl (C=O) groups is 1. The first-order valence-corrected chi connectivity index (χ1v) is 6.36. The lowest BCUT2D eigenvalue weighted by Gasteiger charge is -2.28. The Hall–Kier alpha value is -0.780. The van der Waals surface area contributed by atoms with E-state index in [1.807, 2.05) is 0 Å². The molecule has 0 radical (unpaired) electrons. The van der Waals surface area contributed by atoms with Gasteiger partial charge in [-0.15, -0.1) is 0 Å². The molecule has 1 N–H and O–H groups in total. The highest BCUT2D eigenvalue weighted by Gasteiger charge is 2.34. The Morgan fingerprint density at radius 3 is 2.56 bits per heavy atom. The van der Waals surface area contributed by atoms with Crippen LogP contribution >= 0.6 is 0 Å². The monoisotopic (exact) mass is 266 g/mol. The lowest BCUT2D eigenvalue weighted by molar-refractivity contribution is -0.164. The molecule has 0 aromatic heterocycles. The number of nitrogens with one attached hydrogen (secondary N) is 1. The molecule has 18 heavy (non-hydrogen) atoms. The Balaban J connectivity index is 2.43. The van der Waals surface area contributed by atoms with Crippen LogP contribution in [0.2, 0.25) is 0 Å². The molecule has 0 aromatic rings. The van der Waals surface area contributed by atoms with Crippen molar-refractivity contribution in [3.8, 4) is 0 Å². The van der Waals surface area contributed by atoms with Gasteiger partial charge in [0.05, 0.1) is 0 Å². The van der Waals surface area contributed by atoms with E-state index in [0.29, 0.717) is 12.3 Å². The summed E-state index contributed by atoms with van der Waals surface area (Å²) in [5.74, 6) is 0.0306. The van der Waals surface area contributed by atoms with Gasteiger partial charge in [-0.3, -0.25) is 4.79 Å². The minimum absolute atomic E-state index is 0.209. The van der Waals surface area contributed by atoms with Crippen LogP contribution in [0.5, 0.6) is 0 Å². The maximum absolute atomic E-state index is 12.4. The van der Waals surface area contributed by atoms with Gasteiger partial charge in [0.2, 0.25) is 5.91 Å². The van der Waals surface area contributed by atoms with Gasteiger partial charge in [-0.05, 0) is 45.7 Å². The summed E-state index contributed by atoms with van der Waals surface area (Å²) >= 11 is 0. The highest BCUT2D eigenvalue weighted by Crippen LogP contribution is 2.20. The second-order valence-corrected chi connectivity index (χ2v) is 5.13. The molecular formula is C12H21F3N2O. The molecule has 1 amide bonds. The van der Waals surface area contributed by atoms with Crippen molar-refractivity contribution in [2.24, 2.45) is 5.92 Å². The highest BCUT2D eigenvalue weighted by atomic mass is 19.4. The lowest BCUT2D eigenvalue weighted by Crippen LogP contribution is -2.43. The second kappa shape index (κ2) is 6.41. The van der Waals surface area contributed by atoms with E-state index in [1.165, 1.54) is 0 Å². The number of hydrogen-bond donors (Lipinski definition) is 1. The molecule has 0 saturated carbocycles. The Morgan fingerprint density at radius 1 is 1.44 bits per heavy atom. The summed E-state index contributed by atoms with van der Waals surface area (Å²) in [5.41, 5.74) is 0. The molecular weight excluding hydrogens is 245 g/mol. The van der Waals surface area contributed by atoms with Crippen LogP contribution in [0.4, 0.5) is 13.2 Å². The number of nitrogens with zero attached hydrogens (tertiary/aromatic N) is 1. The van der Waals surface area contributed by atoms with Gasteiger partial charge in [0.25, 0.3) is 0 Å². The van der Waals surface area contributed by atoms with Crippen molar-refractivity contribution in [3.63, 3.8) is 0 Å². The molecule has 0 aliphatic carbocycles. The van der Waals surface area contributed by atoms with E-state index in [2.05, 4.69) is 5.32 Å². The predicted octanol–water partition coefficient (Wildman–Crippen LogP) is 2.18. The fraction of sp³-hybridized carbons (Fsp3) is 0.917. The molecule has 0 aromatic carbocycles. The van der Waals surface area contributed by atoms with Crippen molar-refractivity contribution in [2.75, 3.05) is 19.6 Å². The molecule has 1 heterocycles. The molecule has 1 unspecified atom stereocenters. The minimum atomic E-state index is -4.32. The SMILES string of the molecule is CC(C)N(CC(F)(F)F)C(=O)CCC1CCNC1. The normalized spacial score (nSPS) is 20.4. The zero-order chi connectivity index (χ0) is 13.8. The Morgan fingerprint density at radius 2 is 2.11 bits per heavy atom. The zero-order valence-electron chi connectivity index (χ0n) is 10.9. The summed E-state index contributed by atoms with van der Waals surface area (Å²) in [6.45, 7) is 3.89. The maximum Gasteiger partial charge on any atom is 0.406 e. The van der Waals surface area contributed by atoms with Crippen LogP contribution < -0.4 is 5.32 Å². The van der Waals surface area contributed by atoms with Crippen molar-refractivity contribution in [1.29, 1.82) is 0 Å². The molecule has 0 bridgehead atoms. The fourth-order valence-electron chi connectivity index (χ4n) is 2.18. The van der Waals surface area contributed by atoms with Crippen molar-refractivity contribution in [2.45, 2.75) is 45.3 Å². The van der Waals surface area contributed by atoms with E-state index < -0.39 is 24.7 Å². The molecule has 3 nitrogen and oxygen atoms in total. The Labute approximate surface area is 106 Å². The lowest BCUT2D eigenvalue weighted by atomic mass is 10.0. The number of carbonyl (C=O) groups excluding carboxylic acids is 1. The molecule has 106 valence electrons. The number of amides is 1. The van der Waals surface area contributed by atoms with Gasteiger partial charge in [0, 0.05) is 12.5 Å². The summed E-state index contributed by atoms with van der Waals surface area (Å²) in [4.78, 5) is 12.7.